The highest BCUT2D eigenvalue weighted by Crippen LogP contribution is 2.36. The lowest BCUT2D eigenvalue weighted by Gasteiger charge is -2.25. The van der Waals surface area contributed by atoms with Crippen LogP contribution in [0.2, 0.25) is 0 Å². The van der Waals surface area contributed by atoms with Gasteiger partial charge < -0.3 is 10.6 Å². The SMILES string of the molecule is Cc1cccc(C2CCCN2c2nc(N)nc(C(F)(F)F)n2)c1. The maximum Gasteiger partial charge on any atom is 0.451 e. The maximum absolute atomic E-state index is 12.9. The Morgan fingerprint density at radius 1 is 1.22 bits per heavy atom. The summed E-state index contributed by atoms with van der Waals surface area (Å²) in [5.41, 5.74) is 7.58. The molecule has 1 aromatic carbocycles. The van der Waals surface area contributed by atoms with Crippen molar-refractivity contribution in [3.63, 3.8) is 0 Å². The minimum absolute atomic E-state index is 0.0196. The summed E-state index contributed by atoms with van der Waals surface area (Å²) in [6.45, 7) is 2.56. The molecular weight excluding hydrogens is 307 g/mol. The van der Waals surface area contributed by atoms with Gasteiger partial charge >= 0.3 is 6.18 Å². The van der Waals surface area contributed by atoms with Crippen molar-refractivity contribution in [1.82, 2.24) is 15.0 Å². The molecule has 0 saturated carbocycles. The van der Waals surface area contributed by atoms with Crippen LogP contribution in [0.15, 0.2) is 24.3 Å². The number of hydrogen-bond acceptors (Lipinski definition) is 5. The van der Waals surface area contributed by atoms with E-state index in [2.05, 4.69) is 15.0 Å². The van der Waals surface area contributed by atoms with Crippen LogP contribution < -0.4 is 10.6 Å². The number of nitrogen functional groups attached to an aromatic ring is 1. The molecule has 0 amide bonds. The number of halogens is 3. The van der Waals surface area contributed by atoms with Crippen molar-refractivity contribution in [1.29, 1.82) is 0 Å². The smallest absolute Gasteiger partial charge is 0.368 e. The number of hydrogen-bond donors (Lipinski definition) is 1. The van der Waals surface area contributed by atoms with E-state index >= 15 is 0 Å². The number of rotatable bonds is 2. The predicted octanol–water partition coefficient (Wildman–Crippen LogP) is 3.12. The van der Waals surface area contributed by atoms with Gasteiger partial charge in [-0.05, 0) is 25.3 Å². The minimum atomic E-state index is -4.65. The fourth-order valence-electron chi connectivity index (χ4n) is 2.87. The molecule has 1 aromatic heterocycles. The van der Waals surface area contributed by atoms with Crippen molar-refractivity contribution in [2.24, 2.45) is 0 Å². The summed E-state index contributed by atoms with van der Waals surface area (Å²) in [5, 5.41) is 0. The first-order valence-electron chi connectivity index (χ1n) is 7.26. The molecule has 1 aliphatic heterocycles. The Labute approximate surface area is 131 Å². The van der Waals surface area contributed by atoms with Crippen molar-refractivity contribution in [3.05, 3.63) is 41.2 Å². The average molecular weight is 323 g/mol. The van der Waals surface area contributed by atoms with Crippen LogP contribution in [0.5, 0.6) is 0 Å². The second kappa shape index (κ2) is 5.68. The second-order valence-electron chi connectivity index (χ2n) is 5.58. The monoisotopic (exact) mass is 323 g/mol. The summed E-state index contributed by atoms with van der Waals surface area (Å²) in [6.07, 6.45) is -2.97. The van der Waals surface area contributed by atoms with E-state index in [0.717, 1.165) is 24.0 Å². The zero-order chi connectivity index (χ0) is 16.6. The van der Waals surface area contributed by atoms with E-state index < -0.39 is 17.9 Å². The molecule has 0 radical (unpaired) electrons. The van der Waals surface area contributed by atoms with Gasteiger partial charge in [0.05, 0.1) is 6.04 Å². The molecule has 0 spiro atoms. The molecule has 122 valence electrons. The molecule has 0 aliphatic carbocycles. The number of anilines is 2. The Morgan fingerprint density at radius 3 is 2.70 bits per heavy atom. The maximum atomic E-state index is 12.9. The molecule has 1 saturated heterocycles. The quantitative estimate of drug-likeness (QED) is 0.919. The normalized spacial score (nSPS) is 18.4. The van der Waals surface area contributed by atoms with E-state index in [-0.39, 0.29) is 12.0 Å². The van der Waals surface area contributed by atoms with Gasteiger partial charge in [0.2, 0.25) is 17.7 Å². The number of alkyl halides is 3. The molecule has 1 atom stereocenters. The highest BCUT2D eigenvalue weighted by Gasteiger charge is 2.37. The van der Waals surface area contributed by atoms with Crippen molar-refractivity contribution in [2.45, 2.75) is 32.0 Å². The highest BCUT2D eigenvalue weighted by molar-refractivity contribution is 5.42. The first-order valence-corrected chi connectivity index (χ1v) is 7.26. The van der Waals surface area contributed by atoms with E-state index in [1.54, 1.807) is 4.90 Å². The van der Waals surface area contributed by atoms with Crippen molar-refractivity contribution < 1.29 is 13.2 Å². The summed E-state index contributed by atoms with van der Waals surface area (Å²) < 4.78 is 38.6. The van der Waals surface area contributed by atoms with Gasteiger partial charge in [0, 0.05) is 6.54 Å². The summed E-state index contributed by atoms with van der Waals surface area (Å²) >= 11 is 0. The number of aromatic nitrogens is 3. The lowest BCUT2D eigenvalue weighted by Crippen LogP contribution is -2.27. The standard InChI is InChI=1S/C15H16F3N5/c1-9-4-2-5-10(8-9)11-6-3-7-23(11)14-21-12(15(16,17)18)20-13(19)22-14/h2,4-5,8,11H,3,6-7H2,1H3,(H2,19,20,21,22). The largest absolute Gasteiger partial charge is 0.451 e. The summed E-state index contributed by atoms with van der Waals surface area (Å²) in [7, 11) is 0. The first-order chi connectivity index (χ1) is 10.8. The summed E-state index contributed by atoms with van der Waals surface area (Å²) in [5.74, 6) is -1.69. The molecule has 2 aromatic rings. The second-order valence-corrected chi connectivity index (χ2v) is 5.58. The van der Waals surface area contributed by atoms with E-state index in [9.17, 15) is 13.2 Å². The molecule has 8 heteroatoms. The molecule has 1 unspecified atom stereocenters. The van der Waals surface area contributed by atoms with E-state index in [0.29, 0.717) is 6.54 Å². The van der Waals surface area contributed by atoms with Gasteiger partial charge in [0.1, 0.15) is 0 Å². The molecule has 0 bridgehead atoms. The minimum Gasteiger partial charge on any atom is -0.368 e. The van der Waals surface area contributed by atoms with Gasteiger partial charge in [-0.25, -0.2) is 0 Å². The third kappa shape index (κ3) is 3.20. The Kier molecular flexibility index (Phi) is 3.83. The van der Waals surface area contributed by atoms with Gasteiger partial charge in [-0.1, -0.05) is 29.8 Å². The van der Waals surface area contributed by atoms with Crippen LogP contribution in [0.1, 0.15) is 35.8 Å². The van der Waals surface area contributed by atoms with E-state index in [4.69, 9.17) is 5.73 Å². The molecule has 2 N–H and O–H groups in total. The fraction of sp³-hybridized carbons (Fsp3) is 0.400. The topological polar surface area (TPSA) is 67.9 Å². The molecule has 1 aliphatic rings. The van der Waals surface area contributed by atoms with Crippen LogP contribution in [0.3, 0.4) is 0 Å². The molecule has 23 heavy (non-hydrogen) atoms. The van der Waals surface area contributed by atoms with Crippen molar-refractivity contribution in [3.8, 4) is 0 Å². The van der Waals surface area contributed by atoms with Crippen molar-refractivity contribution in [2.75, 3.05) is 17.2 Å². The van der Waals surface area contributed by atoms with E-state index in [1.807, 2.05) is 31.2 Å². The number of nitrogens with two attached hydrogens (primary N) is 1. The third-order valence-electron chi connectivity index (χ3n) is 3.83. The Hall–Kier alpha value is -2.38. The third-order valence-corrected chi connectivity index (χ3v) is 3.83. The van der Waals surface area contributed by atoms with E-state index in [1.165, 1.54) is 0 Å². The Bertz CT molecular complexity index is 716. The highest BCUT2D eigenvalue weighted by atomic mass is 19.4. The molecule has 1 fully saturated rings. The van der Waals surface area contributed by atoms with Gasteiger partial charge in [0.15, 0.2) is 0 Å². The fourth-order valence-corrected chi connectivity index (χ4v) is 2.87. The van der Waals surface area contributed by atoms with Gasteiger partial charge in [-0.3, -0.25) is 0 Å². The zero-order valence-electron chi connectivity index (χ0n) is 12.5. The number of benzene rings is 1. The summed E-state index contributed by atoms with van der Waals surface area (Å²) in [6, 6.07) is 7.84. The molecule has 5 nitrogen and oxygen atoms in total. The van der Waals surface area contributed by atoms with Crippen molar-refractivity contribution >= 4 is 11.9 Å². The first kappa shape index (κ1) is 15.5. The number of aryl methyl sites for hydroxylation is 1. The van der Waals surface area contributed by atoms with Crippen LogP contribution in [0, 0.1) is 6.92 Å². The lowest BCUT2D eigenvalue weighted by molar-refractivity contribution is -0.144. The number of nitrogens with zero attached hydrogens (tertiary/aromatic N) is 4. The molecule has 2 heterocycles. The van der Waals surface area contributed by atoms with Crippen LogP contribution in [0.4, 0.5) is 25.1 Å². The zero-order valence-corrected chi connectivity index (χ0v) is 12.5. The van der Waals surface area contributed by atoms with Gasteiger partial charge in [-0.15, -0.1) is 0 Å². The Morgan fingerprint density at radius 2 is 2.00 bits per heavy atom. The van der Waals surface area contributed by atoms with Crippen LogP contribution in [-0.2, 0) is 6.18 Å². The van der Waals surface area contributed by atoms with Gasteiger partial charge in [0.25, 0.3) is 0 Å². The summed E-state index contributed by atoms with van der Waals surface area (Å²) in [4.78, 5) is 12.5. The molecule has 3 rings (SSSR count). The average Bonchev–Trinajstić information content (AvgIpc) is 2.95. The Balaban J connectivity index is 1.99. The van der Waals surface area contributed by atoms with Crippen LogP contribution in [-0.4, -0.2) is 21.5 Å². The van der Waals surface area contributed by atoms with Crippen LogP contribution in [0.25, 0.3) is 0 Å². The van der Waals surface area contributed by atoms with Crippen LogP contribution >= 0.6 is 0 Å². The molecular formula is C15H16F3N5. The predicted molar refractivity (Wildman–Crippen MR) is 79.7 cm³/mol. The van der Waals surface area contributed by atoms with Gasteiger partial charge in [-0.2, -0.15) is 28.1 Å². The lowest BCUT2D eigenvalue weighted by atomic mass is 10.0.